The Balaban J connectivity index is 0.00000280. The quantitative estimate of drug-likeness (QED) is 0.570. The molecule has 1 aromatic rings. The molecule has 3 rings (SSSR count). The minimum absolute atomic E-state index is 0. The van der Waals surface area contributed by atoms with Crippen molar-refractivity contribution in [1.82, 2.24) is 9.80 Å². The van der Waals surface area contributed by atoms with Crippen molar-refractivity contribution >= 4 is 30.1 Å². The molecule has 1 saturated heterocycles. The van der Waals surface area contributed by atoms with E-state index in [4.69, 9.17) is 10.5 Å². The molecule has 28 heavy (non-hydrogen) atoms. The van der Waals surface area contributed by atoms with Crippen LogP contribution in [0.3, 0.4) is 0 Å². The van der Waals surface area contributed by atoms with Crippen molar-refractivity contribution in [2.24, 2.45) is 5.73 Å². The second kappa shape index (κ2) is 9.49. The standard InChI is InChI=1S/C20H27N3O4.ClH/c1-13-4-5-16-17(12-13)20(26)23(19(16)25)14(2)18(24)22-9-6-15(7-10-22)27-11-3-8-21;/h4-5,12,14-15H,3,6-11,21H2,1-2H3;1H. The van der Waals surface area contributed by atoms with Gasteiger partial charge in [-0.15, -0.1) is 12.4 Å². The number of carbonyl (C=O) groups is 3. The highest BCUT2D eigenvalue weighted by Crippen LogP contribution is 2.27. The highest BCUT2D eigenvalue weighted by atomic mass is 35.5. The molecule has 0 spiro atoms. The summed E-state index contributed by atoms with van der Waals surface area (Å²) >= 11 is 0. The van der Waals surface area contributed by atoms with Crippen molar-refractivity contribution in [3.63, 3.8) is 0 Å². The summed E-state index contributed by atoms with van der Waals surface area (Å²) in [4.78, 5) is 41.0. The minimum atomic E-state index is -0.813. The van der Waals surface area contributed by atoms with E-state index in [9.17, 15) is 14.4 Å². The van der Waals surface area contributed by atoms with Crippen LogP contribution in [0, 0.1) is 6.92 Å². The van der Waals surface area contributed by atoms with E-state index in [0.717, 1.165) is 29.7 Å². The van der Waals surface area contributed by atoms with Crippen LogP contribution >= 0.6 is 12.4 Å². The summed E-state index contributed by atoms with van der Waals surface area (Å²) < 4.78 is 5.76. The van der Waals surface area contributed by atoms with Crippen LogP contribution < -0.4 is 5.73 Å². The second-order valence-electron chi connectivity index (χ2n) is 7.24. The Bertz CT molecular complexity index is 747. The Hall–Kier alpha value is -1.96. The fourth-order valence-corrected chi connectivity index (χ4v) is 3.68. The SMILES string of the molecule is Cc1ccc2c(c1)C(=O)N(C(C)C(=O)N1CCC(OCCCN)CC1)C2=O.Cl. The number of nitrogens with two attached hydrogens (primary N) is 1. The van der Waals surface area contributed by atoms with E-state index < -0.39 is 11.9 Å². The number of rotatable bonds is 6. The van der Waals surface area contributed by atoms with E-state index in [1.807, 2.05) is 6.92 Å². The van der Waals surface area contributed by atoms with Gasteiger partial charge in [-0.1, -0.05) is 11.6 Å². The predicted molar refractivity (Wildman–Crippen MR) is 108 cm³/mol. The number of nitrogens with zero attached hydrogens (tertiary/aromatic N) is 2. The number of benzene rings is 1. The van der Waals surface area contributed by atoms with Gasteiger partial charge in [-0.3, -0.25) is 19.3 Å². The lowest BCUT2D eigenvalue weighted by molar-refractivity contribution is -0.137. The van der Waals surface area contributed by atoms with Crippen LogP contribution in [-0.4, -0.2) is 65.9 Å². The molecule has 2 aliphatic rings. The van der Waals surface area contributed by atoms with Crippen molar-refractivity contribution in [1.29, 1.82) is 0 Å². The Morgan fingerprint density at radius 1 is 1.21 bits per heavy atom. The third-order valence-corrected chi connectivity index (χ3v) is 5.27. The molecule has 1 fully saturated rings. The highest BCUT2D eigenvalue weighted by molar-refractivity contribution is 6.22. The predicted octanol–water partition coefficient (Wildman–Crippen LogP) is 1.76. The molecule has 0 aromatic heterocycles. The molecule has 7 nitrogen and oxygen atoms in total. The van der Waals surface area contributed by atoms with Crippen molar-refractivity contribution < 1.29 is 19.1 Å². The molecule has 0 bridgehead atoms. The largest absolute Gasteiger partial charge is 0.378 e. The zero-order valence-electron chi connectivity index (χ0n) is 16.3. The number of hydrogen-bond acceptors (Lipinski definition) is 5. The monoisotopic (exact) mass is 409 g/mol. The summed E-state index contributed by atoms with van der Waals surface area (Å²) in [7, 11) is 0. The number of ether oxygens (including phenoxy) is 1. The number of hydrogen-bond donors (Lipinski definition) is 1. The van der Waals surface area contributed by atoms with Crippen LogP contribution in [0.25, 0.3) is 0 Å². The topological polar surface area (TPSA) is 92.9 Å². The fraction of sp³-hybridized carbons (Fsp3) is 0.550. The maximum Gasteiger partial charge on any atom is 0.262 e. The summed E-state index contributed by atoms with van der Waals surface area (Å²) in [6.45, 7) is 5.88. The van der Waals surface area contributed by atoms with Gasteiger partial charge in [-0.2, -0.15) is 0 Å². The number of aryl methyl sites for hydroxylation is 1. The second-order valence-corrected chi connectivity index (χ2v) is 7.24. The molecule has 2 aliphatic heterocycles. The number of halogens is 1. The molecule has 1 unspecified atom stereocenters. The first-order chi connectivity index (χ1) is 12.9. The van der Waals surface area contributed by atoms with Gasteiger partial charge in [0.1, 0.15) is 6.04 Å². The molecule has 0 radical (unpaired) electrons. The van der Waals surface area contributed by atoms with Gasteiger partial charge in [-0.05, 0) is 51.8 Å². The summed E-state index contributed by atoms with van der Waals surface area (Å²) in [5, 5.41) is 0. The molecule has 1 aromatic carbocycles. The molecular weight excluding hydrogens is 382 g/mol. The number of likely N-dealkylation sites (tertiary alicyclic amines) is 1. The van der Waals surface area contributed by atoms with E-state index in [1.165, 1.54) is 0 Å². The summed E-state index contributed by atoms with van der Waals surface area (Å²) in [6, 6.07) is 4.35. The lowest BCUT2D eigenvalue weighted by Crippen LogP contribution is -2.52. The highest BCUT2D eigenvalue weighted by Gasteiger charge is 2.42. The molecule has 2 N–H and O–H groups in total. The summed E-state index contributed by atoms with van der Waals surface area (Å²) in [5.74, 6) is -0.975. The number of amides is 3. The van der Waals surface area contributed by atoms with Crippen LogP contribution in [0.2, 0.25) is 0 Å². The summed E-state index contributed by atoms with van der Waals surface area (Å²) in [5.41, 5.74) is 7.13. The van der Waals surface area contributed by atoms with Gasteiger partial charge in [0.25, 0.3) is 11.8 Å². The van der Waals surface area contributed by atoms with Crippen molar-refractivity contribution in [2.75, 3.05) is 26.2 Å². The van der Waals surface area contributed by atoms with Gasteiger partial charge in [0, 0.05) is 19.7 Å². The van der Waals surface area contributed by atoms with E-state index in [2.05, 4.69) is 0 Å². The number of carbonyl (C=O) groups excluding carboxylic acids is 3. The average Bonchev–Trinajstić information content (AvgIpc) is 2.91. The van der Waals surface area contributed by atoms with Gasteiger partial charge in [0.15, 0.2) is 0 Å². The lowest BCUT2D eigenvalue weighted by Gasteiger charge is -2.35. The molecule has 0 aliphatic carbocycles. The number of imide groups is 1. The van der Waals surface area contributed by atoms with Gasteiger partial charge < -0.3 is 15.4 Å². The third-order valence-electron chi connectivity index (χ3n) is 5.27. The Labute approximate surface area is 171 Å². The van der Waals surface area contributed by atoms with Crippen LogP contribution in [0.1, 0.15) is 52.5 Å². The zero-order chi connectivity index (χ0) is 19.6. The van der Waals surface area contributed by atoms with Crippen molar-refractivity contribution in [2.45, 2.75) is 45.3 Å². The molecule has 3 amide bonds. The first kappa shape index (κ1) is 22.3. The zero-order valence-corrected chi connectivity index (χ0v) is 17.2. The third kappa shape index (κ3) is 4.37. The summed E-state index contributed by atoms with van der Waals surface area (Å²) in [6.07, 6.45) is 2.47. The van der Waals surface area contributed by atoms with E-state index in [1.54, 1.807) is 30.0 Å². The Morgan fingerprint density at radius 2 is 1.86 bits per heavy atom. The van der Waals surface area contributed by atoms with E-state index in [0.29, 0.717) is 37.4 Å². The van der Waals surface area contributed by atoms with E-state index in [-0.39, 0.29) is 30.3 Å². The van der Waals surface area contributed by atoms with Crippen LogP contribution in [0.5, 0.6) is 0 Å². The molecule has 154 valence electrons. The van der Waals surface area contributed by atoms with Crippen molar-refractivity contribution in [3.8, 4) is 0 Å². The molecule has 8 heteroatoms. The number of fused-ring (bicyclic) bond motifs is 1. The molecule has 2 heterocycles. The van der Waals surface area contributed by atoms with Gasteiger partial charge >= 0.3 is 0 Å². The average molecular weight is 410 g/mol. The molecule has 1 atom stereocenters. The van der Waals surface area contributed by atoms with Gasteiger partial charge in [0.05, 0.1) is 17.2 Å². The molecular formula is C20H28ClN3O4. The maximum absolute atomic E-state index is 12.9. The first-order valence-electron chi connectivity index (χ1n) is 9.53. The Morgan fingerprint density at radius 3 is 2.50 bits per heavy atom. The van der Waals surface area contributed by atoms with Crippen LogP contribution in [0.15, 0.2) is 18.2 Å². The van der Waals surface area contributed by atoms with Crippen LogP contribution in [-0.2, 0) is 9.53 Å². The fourth-order valence-electron chi connectivity index (χ4n) is 3.68. The number of piperidine rings is 1. The van der Waals surface area contributed by atoms with Crippen molar-refractivity contribution in [3.05, 3.63) is 34.9 Å². The first-order valence-corrected chi connectivity index (χ1v) is 9.53. The molecule has 0 saturated carbocycles. The Kier molecular flexibility index (Phi) is 7.57. The van der Waals surface area contributed by atoms with E-state index >= 15 is 0 Å². The van der Waals surface area contributed by atoms with Gasteiger partial charge in [-0.25, -0.2) is 0 Å². The van der Waals surface area contributed by atoms with Gasteiger partial charge in [0.2, 0.25) is 5.91 Å². The normalized spacial score (nSPS) is 18.1. The lowest BCUT2D eigenvalue weighted by atomic mass is 10.1. The minimum Gasteiger partial charge on any atom is -0.378 e. The van der Waals surface area contributed by atoms with Crippen LogP contribution in [0.4, 0.5) is 0 Å². The smallest absolute Gasteiger partial charge is 0.262 e. The maximum atomic E-state index is 12.9.